The molecule has 2 aromatic heterocycles. The minimum atomic E-state index is -3.96. The average molecular weight is 283 g/mol. The van der Waals surface area contributed by atoms with Crippen LogP contribution in [0, 0.1) is 0 Å². The van der Waals surface area contributed by atoms with Crippen molar-refractivity contribution in [3.8, 4) is 11.5 Å². The van der Waals surface area contributed by atoms with Gasteiger partial charge in [0.1, 0.15) is 0 Å². The number of hydrogen-bond donors (Lipinski definition) is 2. The first kappa shape index (κ1) is 13.4. The molecule has 0 unspecified atom stereocenters. The van der Waals surface area contributed by atoms with E-state index in [4.69, 9.17) is 5.14 Å². The summed E-state index contributed by atoms with van der Waals surface area (Å²) in [6, 6.07) is 4.52. The van der Waals surface area contributed by atoms with Crippen molar-refractivity contribution in [3.05, 3.63) is 28.6 Å². The molecule has 2 aromatic rings. The molecule has 0 bridgehead atoms. The molecule has 3 N–H and O–H groups in total. The van der Waals surface area contributed by atoms with Crippen LogP contribution in [0.1, 0.15) is 13.3 Å². The molecule has 2 heterocycles. The Bertz CT molecular complexity index is 747. The molecule has 19 heavy (non-hydrogen) atoms. The maximum Gasteiger partial charge on any atom is 0.273 e. The van der Waals surface area contributed by atoms with E-state index in [1.807, 2.05) is 6.92 Å². The lowest BCUT2D eigenvalue weighted by Gasteiger charge is -2.07. The highest BCUT2D eigenvalue weighted by Gasteiger charge is 2.21. The summed E-state index contributed by atoms with van der Waals surface area (Å²) in [6.07, 6.45) is 0.671. The number of sulfonamides is 1. The largest absolute Gasteiger partial charge is 0.319 e. The number of nitrogens with one attached hydrogen (secondary N) is 1. The molecule has 0 aliphatic heterocycles. The number of H-pyrrole nitrogens is 1. The van der Waals surface area contributed by atoms with E-state index in [0.29, 0.717) is 18.7 Å². The first-order valence-electron chi connectivity index (χ1n) is 5.59. The number of hydrogen-bond acceptors (Lipinski definition) is 5. The van der Waals surface area contributed by atoms with Gasteiger partial charge in [0.15, 0.2) is 5.82 Å². The Hall–Kier alpha value is -2.00. The highest BCUT2D eigenvalue weighted by molar-refractivity contribution is 7.89. The molecule has 0 aliphatic carbocycles. The van der Waals surface area contributed by atoms with Crippen LogP contribution in [0.25, 0.3) is 11.5 Å². The van der Waals surface area contributed by atoms with Gasteiger partial charge < -0.3 is 4.98 Å². The lowest BCUT2D eigenvalue weighted by molar-refractivity contribution is 0.559. The Morgan fingerprint density at radius 1 is 1.37 bits per heavy atom. The van der Waals surface area contributed by atoms with Gasteiger partial charge in [-0.25, -0.2) is 13.6 Å². The van der Waals surface area contributed by atoms with Crippen LogP contribution in [0.5, 0.6) is 0 Å². The number of pyridine rings is 1. The molecule has 0 radical (unpaired) electrons. The van der Waals surface area contributed by atoms with Gasteiger partial charge in [-0.1, -0.05) is 13.0 Å². The lowest BCUT2D eigenvalue weighted by atomic mass is 10.3. The van der Waals surface area contributed by atoms with Gasteiger partial charge in [-0.15, -0.1) is 10.2 Å². The second-order valence-corrected chi connectivity index (χ2v) is 5.39. The third-order valence-electron chi connectivity index (χ3n) is 2.43. The number of nitrogens with two attached hydrogens (primary N) is 1. The zero-order valence-electron chi connectivity index (χ0n) is 10.2. The van der Waals surface area contributed by atoms with Gasteiger partial charge in [-0.2, -0.15) is 0 Å². The van der Waals surface area contributed by atoms with Crippen molar-refractivity contribution in [3.63, 3.8) is 0 Å². The van der Waals surface area contributed by atoms with Gasteiger partial charge in [-0.05, 0) is 12.5 Å². The Morgan fingerprint density at radius 3 is 2.68 bits per heavy atom. The number of rotatable bonds is 4. The Balaban J connectivity index is 2.65. The molecular weight excluding hydrogens is 270 g/mol. The van der Waals surface area contributed by atoms with Gasteiger partial charge in [0.25, 0.3) is 15.2 Å². The zero-order valence-corrected chi connectivity index (χ0v) is 11.0. The first-order valence-corrected chi connectivity index (χ1v) is 7.14. The van der Waals surface area contributed by atoms with E-state index in [-0.39, 0.29) is 16.5 Å². The molecule has 0 amide bonds. The summed E-state index contributed by atoms with van der Waals surface area (Å²) in [4.78, 5) is 13.9. The first-order chi connectivity index (χ1) is 8.93. The fourth-order valence-corrected chi connectivity index (χ4v) is 2.34. The predicted molar refractivity (Wildman–Crippen MR) is 67.7 cm³/mol. The fraction of sp³-hybridized carbons (Fsp3) is 0.300. The normalized spacial score (nSPS) is 11.7. The van der Waals surface area contributed by atoms with Gasteiger partial charge in [0, 0.05) is 12.6 Å². The Kier molecular flexibility index (Phi) is 3.49. The van der Waals surface area contributed by atoms with E-state index in [1.165, 1.54) is 10.6 Å². The second kappa shape index (κ2) is 4.94. The summed E-state index contributed by atoms with van der Waals surface area (Å²) in [7, 11) is -3.96. The van der Waals surface area contributed by atoms with Crippen molar-refractivity contribution in [1.29, 1.82) is 0 Å². The van der Waals surface area contributed by atoms with Crippen molar-refractivity contribution in [1.82, 2.24) is 19.7 Å². The maximum atomic E-state index is 11.4. The third-order valence-corrected chi connectivity index (χ3v) is 3.24. The molecule has 2 rings (SSSR count). The van der Waals surface area contributed by atoms with E-state index in [0.717, 1.165) is 0 Å². The number of aromatic amines is 1. The van der Waals surface area contributed by atoms with Crippen LogP contribution < -0.4 is 10.7 Å². The van der Waals surface area contributed by atoms with Crippen molar-refractivity contribution < 1.29 is 8.42 Å². The van der Waals surface area contributed by atoms with Gasteiger partial charge >= 0.3 is 0 Å². The third kappa shape index (κ3) is 2.71. The number of primary sulfonamides is 1. The smallest absolute Gasteiger partial charge is 0.273 e. The van der Waals surface area contributed by atoms with E-state index in [2.05, 4.69) is 15.2 Å². The molecule has 0 aliphatic rings. The molecule has 0 spiro atoms. The Labute approximate surface area is 109 Å². The fourth-order valence-electron chi connectivity index (χ4n) is 1.70. The number of aromatic nitrogens is 4. The van der Waals surface area contributed by atoms with Crippen LogP contribution in [0.15, 0.2) is 28.2 Å². The van der Waals surface area contributed by atoms with Crippen molar-refractivity contribution in [2.45, 2.75) is 25.0 Å². The van der Waals surface area contributed by atoms with Gasteiger partial charge in [0.05, 0.1) is 5.69 Å². The van der Waals surface area contributed by atoms with Crippen LogP contribution >= 0.6 is 0 Å². The average Bonchev–Trinajstić information content (AvgIpc) is 2.73. The minimum absolute atomic E-state index is 0.267. The van der Waals surface area contributed by atoms with Gasteiger partial charge in [0.2, 0.25) is 5.56 Å². The molecular formula is C10H13N5O3S. The lowest BCUT2D eigenvalue weighted by Crippen LogP contribution is -2.19. The molecule has 102 valence electrons. The summed E-state index contributed by atoms with van der Waals surface area (Å²) in [5, 5.41) is 12.2. The molecule has 8 nitrogen and oxygen atoms in total. The SMILES string of the molecule is CCCn1c(-c2cccc(=O)[nH]2)nnc1S(N)(=O)=O. The van der Waals surface area contributed by atoms with E-state index in [1.54, 1.807) is 12.1 Å². The monoisotopic (exact) mass is 283 g/mol. The van der Waals surface area contributed by atoms with Crippen LogP contribution in [-0.4, -0.2) is 28.2 Å². The van der Waals surface area contributed by atoms with Crippen LogP contribution in [0.2, 0.25) is 0 Å². The molecule has 9 heteroatoms. The molecule has 0 saturated heterocycles. The summed E-state index contributed by atoms with van der Waals surface area (Å²) in [5.41, 5.74) is 0.0871. The molecule has 0 saturated carbocycles. The zero-order chi connectivity index (χ0) is 14.0. The second-order valence-electron chi connectivity index (χ2n) is 3.93. The Morgan fingerprint density at radius 2 is 2.11 bits per heavy atom. The molecule has 0 aromatic carbocycles. The number of nitrogens with zero attached hydrogens (tertiary/aromatic N) is 3. The van der Waals surface area contributed by atoms with Crippen molar-refractivity contribution in [2.75, 3.05) is 0 Å². The standard InChI is InChI=1S/C10H13N5O3S/c1-2-6-15-9(7-4-3-5-8(16)12-7)13-14-10(15)19(11,17)18/h3-5H,2,6H2,1H3,(H,12,16)(H2,11,17,18). The maximum absolute atomic E-state index is 11.4. The quantitative estimate of drug-likeness (QED) is 0.796. The van der Waals surface area contributed by atoms with Gasteiger partial charge in [-0.3, -0.25) is 9.36 Å². The highest BCUT2D eigenvalue weighted by Crippen LogP contribution is 2.17. The van der Waals surface area contributed by atoms with Crippen LogP contribution in [0.4, 0.5) is 0 Å². The van der Waals surface area contributed by atoms with Crippen molar-refractivity contribution >= 4 is 10.0 Å². The van der Waals surface area contributed by atoms with Crippen LogP contribution in [-0.2, 0) is 16.6 Å². The van der Waals surface area contributed by atoms with E-state index < -0.39 is 10.0 Å². The highest BCUT2D eigenvalue weighted by atomic mass is 32.2. The summed E-state index contributed by atoms with van der Waals surface area (Å²) >= 11 is 0. The van der Waals surface area contributed by atoms with Crippen molar-refractivity contribution in [2.24, 2.45) is 5.14 Å². The summed E-state index contributed by atoms with van der Waals surface area (Å²) in [5.74, 6) is 0.267. The van der Waals surface area contributed by atoms with E-state index >= 15 is 0 Å². The summed E-state index contributed by atoms with van der Waals surface area (Å²) < 4.78 is 24.2. The molecule has 0 atom stereocenters. The predicted octanol–water partition coefficient (Wildman–Crippen LogP) is -0.309. The van der Waals surface area contributed by atoms with Crippen LogP contribution in [0.3, 0.4) is 0 Å². The molecule has 0 fully saturated rings. The summed E-state index contributed by atoms with van der Waals surface area (Å²) in [6.45, 7) is 2.26. The topological polar surface area (TPSA) is 124 Å². The van der Waals surface area contributed by atoms with E-state index in [9.17, 15) is 13.2 Å². The minimum Gasteiger partial charge on any atom is -0.319 e.